The van der Waals surface area contributed by atoms with Gasteiger partial charge in [-0.25, -0.2) is 4.99 Å². The highest BCUT2D eigenvalue weighted by molar-refractivity contribution is 6.00. The first kappa shape index (κ1) is 29.5. The minimum atomic E-state index is 0.138. The summed E-state index contributed by atoms with van der Waals surface area (Å²) in [6.07, 6.45) is 3.17. The van der Waals surface area contributed by atoms with Crippen molar-refractivity contribution in [2.24, 2.45) is 10.7 Å². The molecule has 0 saturated carbocycles. The molecular formula is C45H37N3. The first-order valence-electron chi connectivity index (χ1n) is 16.7. The van der Waals surface area contributed by atoms with Crippen LogP contribution in [0.15, 0.2) is 175 Å². The van der Waals surface area contributed by atoms with Gasteiger partial charge in [0.1, 0.15) is 5.84 Å². The number of nitrogens with zero attached hydrogens (tertiary/aromatic N) is 2. The Morgan fingerprint density at radius 2 is 1.35 bits per heavy atom. The second kappa shape index (κ2) is 12.7. The maximum absolute atomic E-state index is 6.66. The maximum atomic E-state index is 6.66. The van der Waals surface area contributed by atoms with Crippen LogP contribution in [0.5, 0.6) is 0 Å². The molecule has 2 atom stereocenters. The van der Waals surface area contributed by atoms with E-state index in [0.29, 0.717) is 5.84 Å². The van der Waals surface area contributed by atoms with E-state index in [9.17, 15) is 0 Å². The van der Waals surface area contributed by atoms with Crippen LogP contribution >= 0.6 is 0 Å². The van der Waals surface area contributed by atoms with Crippen LogP contribution in [-0.4, -0.2) is 10.4 Å². The van der Waals surface area contributed by atoms with Crippen molar-refractivity contribution in [2.45, 2.75) is 25.2 Å². The molecule has 2 N–H and O–H groups in total. The summed E-state index contributed by atoms with van der Waals surface area (Å²) in [5.41, 5.74) is 19.7. The summed E-state index contributed by atoms with van der Waals surface area (Å²) in [4.78, 5) is 5.08. The minimum absolute atomic E-state index is 0.138. The summed E-state index contributed by atoms with van der Waals surface area (Å²) in [5.74, 6) is 0.836. The number of amidine groups is 1. The Balaban J connectivity index is 1.29. The van der Waals surface area contributed by atoms with E-state index in [0.717, 1.165) is 28.9 Å². The molecule has 0 spiro atoms. The number of rotatable bonds is 7. The molecule has 0 fully saturated rings. The molecule has 8 rings (SSSR count). The molecule has 3 heteroatoms. The van der Waals surface area contributed by atoms with Gasteiger partial charge >= 0.3 is 0 Å². The van der Waals surface area contributed by atoms with Crippen LogP contribution in [0.25, 0.3) is 33.4 Å². The van der Waals surface area contributed by atoms with Gasteiger partial charge in [-0.05, 0) is 58.5 Å². The van der Waals surface area contributed by atoms with E-state index >= 15 is 0 Å². The van der Waals surface area contributed by atoms with Gasteiger partial charge < -0.3 is 10.3 Å². The van der Waals surface area contributed by atoms with E-state index in [4.69, 9.17) is 10.7 Å². The van der Waals surface area contributed by atoms with Crippen LogP contribution in [-0.2, 0) is 6.42 Å². The number of nitrogens with two attached hydrogens (primary N) is 1. The van der Waals surface area contributed by atoms with Gasteiger partial charge in [0.15, 0.2) is 0 Å². The van der Waals surface area contributed by atoms with Crippen LogP contribution in [0.3, 0.4) is 0 Å². The molecule has 7 aromatic rings. The third-order valence-electron chi connectivity index (χ3n) is 9.61. The second-order valence-electron chi connectivity index (χ2n) is 12.6. The molecule has 232 valence electrons. The highest BCUT2D eigenvalue weighted by Crippen LogP contribution is 2.44. The molecule has 2 unspecified atom stereocenters. The fourth-order valence-corrected chi connectivity index (χ4v) is 7.22. The molecule has 6 aromatic carbocycles. The van der Waals surface area contributed by atoms with Crippen molar-refractivity contribution in [1.29, 1.82) is 0 Å². The predicted octanol–water partition coefficient (Wildman–Crippen LogP) is 10.5. The monoisotopic (exact) mass is 619 g/mol. The predicted molar refractivity (Wildman–Crippen MR) is 201 cm³/mol. The first-order valence-corrected chi connectivity index (χ1v) is 16.7. The summed E-state index contributed by atoms with van der Waals surface area (Å²) in [6, 6.07) is 58.2. The Labute approximate surface area is 282 Å². The van der Waals surface area contributed by atoms with E-state index < -0.39 is 0 Å². The Morgan fingerprint density at radius 1 is 0.688 bits per heavy atom. The molecule has 3 nitrogen and oxygen atoms in total. The van der Waals surface area contributed by atoms with Gasteiger partial charge in [-0.1, -0.05) is 153 Å². The van der Waals surface area contributed by atoms with Gasteiger partial charge in [0, 0.05) is 39.7 Å². The standard InChI is InChI=1S/C45H37N3/c1-31(32-15-4-2-5-16-32)27-42(47-45(46)33-17-6-3-7-18-33)35-21-14-22-37(28-35)48-43-26-13-9-20-36(43)30-44(48)41-29-34-19-8-10-23-38(34)39-24-11-12-25-40(39)41/h2-28,30-31,41H,29H2,1H3,(H2,46,47)/b42-27-. The first-order chi connectivity index (χ1) is 23.6. The van der Waals surface area contributed by atoms with Gasteiger partial charge in [-0.3, -0.25) is 0 Å². The average molecular weight is 620 g/mol. The van der Waals surface area contributed by atoms with Gasteiger partial charge in [0.05, 0.1) is 11.2 Å². The van der Waals surface area contributed by atoms with Gasteiger partial charge in [-0.2, -0.15) is 0 Å². The quantitative estimate of drug-likeness (QED) is 0.140. The molecule has 1 aliphatic rings. The van der Waals surface area contributed by atoms with Crippen LogP contribution in [0, 0.1) is 0 Å². The molecule has 0 bridgehead atoms. The van der Waals surface area contributed by atoms with Crippen molar-refractivity contribution in [3.8, 4) is 16.8 Å². The number of allylic oxidation sites excluding steroid dienone is 1. The molecule has 0 aliphatic heterocycles. The van der Waals surface area contributed by atoms with E-state index in [1.807, 2.05) is 30.3 Å². The van der Waals surface area contributed by atoms with Crippen LogP contribution in [0.1, 0.15) is 52.3 Å². The Morgan fingerprint density at radius 3 is 2.19 bits per heavy atom. The smallest absolute Gasteiger partial charge is 0.131 e. The molecule has 1 aromatic heterocycles. The molecular weight excluding hydrogens is 583 g/mol. The SMILES string of the molecule is CC(/C=C(\N=C(N)c1ccccc1)c1cccc(-n2c(C3Cc4ccccc4-c4ccccc43)cc3ccccc32)c1)c1ccccc1. The molecule has 1 aliphatic carbocycles. The van der Waals surface area contributed by atoms with Gasteiger partial charge in [-0.15, -0.1) is 0 Å². The number of hydrogen-bond donors (Lipinski definition) is 1. The fourth-order valence-electron chi connectivity index (χ4n) is 7.22. The normalized spacial score (nSPS) is 15.1. The number of para-hydroxylation sites is 1. The maximum Gasteiger partial charge on any atom is 0.131 e. The molecule has 1 heterocycles. The van der Waals surface area contributed by atoms with Crippen LogP contribution in [0.2, 0.25) is 0 Å². The zero-order valence-corrected chi connectivity index (χ0v) is 27.0. The van der Waals surface area contributed by atoms with Crippen LogP contribution < -0.4 is 5.73 Å². The van der Waals surface area contributed by atoms with Crippen molar-refractivity contribution in [3.63, 3.8) is 0 Å². The van der Waals surface area contributed by atoms with Crippen molar-refractivity contribution in [2.75, 3.05) is 0 Å². The lowest BCUT2D eigenvalue weighted by Crippen LogP contribution is -2.16. The molecule has 0 radical (unpaired) electrons. The summed E-state index contributed by atoms with van der Waals surface area (Å²) >= 11 is 0. The van der Waals surface area contributed by atoms with E-state index in [-0.39, 0.29) is 11.8 Å². The van der Waals surface area contributed by atoms with Crippen molar-refractivity contribution >= 4 is 22.4 Å². The van der Waals surface area contributed by atoms with Gasteiger partial charge in [0.25, 0.3) is 0 Å². The summed E-state index contributed by atoms with van der Waals surface area (Å²) in [5, 5.41) is 1.23. The third-order valence-corrected chi connectivity index (χ3v) is 9.61. The summed E-state index contributed by atoms with van der Waals surface area (Å²) in [6.45, 7) is 2.21. The average Bonchev–Trinajstić information content (AvgIpc) is 3.54. The minimum Gasteiger partial charge on any atom is -0.383 e. The Bertz CT molecular complexity index is 2290. The Kier molecular flexibility index (Phi) is 7.79. The zero-order valence-electron chi connectivity index (χ0n) is 27.0. The second-order valence-corrected chi connectivity index (χ2v) is 12.6. The molecule has 48 heavy (non-hydrogen) atoms. The van der Waals surface area contributed by atoms with Crippen molar-refractivity contribution in [3.05, 3.63) is 203 Å². The lowest BCUT2D eigenvalue weighted by Gasteiger charge is -2.29. The molecule has 0 saturated heterocycles. The number of benzene rings is 6. The Hall–Kier alpha value is -5.93. The lowest BCUT2D eigenvalue weighted by molar-refractivity contribution is 0.746. The third kappa shape index (κ3) is 5.54. The van der Waals surface area contributed by atoms with Crippen LogP contribution in [0.4, 0.5) is 0 Å². The zero-order chi connectivity index (χ0) is 32.5. The number of fused-ring (bicyclic) bond motifs is 4. The largest absolute Gasteiger partial charge is 0.383 e. The topological polar surface area (TPSA) is 43.3 Å². The van der Waals surface area contributed by atoms with E-state index in [1.54, 1.807) is 0 Å². The number of aliphatic imine (C=N–C) groups is 1. The number of hydrogen-bond acceptors (Lipinski definition) is 1. The number of aromatic nitrogens is 1. The van der Waals surface area contributed by atoms with E-state index in [1.165, 1.54) is 44.4 Å². The summed E-state index contributed by atoms with van der Waals surface area (Å²) in [7, 11) is 0. The van der Waals surface area contributed by atoms with Gasteiger partial charge in [0.2, 0.25) is 0 Å². The lowest BCUT2D eigenvalue weighted by atomic mass is 9.77. The summed E-state index contributed by atoms with van der Waals surface area (Å²) < 4.78 is 2.46. The fraction of sp³-hybridized carbons (Fsp3) is 0.0889. The highest BCUT2D eigenvalue weighted by atomic mass is 15.0. The van der Waals surface area contributed by atoms with Crippen molar-refractivity contribution in [1.82, 2.24) is 4.57 Å². The molecule has 0 amide bonds. The van der Waals surface area contributed by atoms with E-state index in [2.05, 4.69) is 151 Å². The van der Waals surface area contributed by atoms with Crippen molar-refractivity contribution < 1.29 is 0 Å². The highest BCUT2D eigenvalue weighted by Gasteiger charge is 2.29.